The van der Waals surface area contributed by atoms with Crippen LogP contribution < -0.4 is 0 Å². The third-order valence-corrected chi connectivity index (χ3v) is 3.99. The molecule has 2 nitrogen and oxygen atoms in total. The van der Waals surface area contributed by atoms with Crippen molar-refractivity contribution in [3.8, 4) is 11.8 Å². The molecule has 0 aliphatic rings. The van der Waals surface area contributed by atoms with Gasteiger partial charge < -0.3 is 10.2 Å². The van der Waals surface area contributed by atoms with Crippen molar-refractivity contribution in [2.24, 2.45) is 11.8 Å². The highest BCUT2D eigenvalue weighted by Gasteiger charge is 2.20. The van der Waals surface area contributed by atoms with Gasteiger partial charge in [-0.25, -0.2) is 0 Å². The van der Waals surface area contributed by atoms with E-state index in [0.717, 1.165) is 25.7 Å². The molecule has 0 rings (SSSR count). The molecule has 0 aromatic heterocycles. The molecular weight excluding hydrogens is 272 g/mol. The van der Waals surface area contributed by atoms with Crippen molar-refractivity contribution < 1.29 is 10.2 Å². The van der Waals surface area contributed by atoms with Crippen molar-refractivity contribution in [3.63, 3.8) is 0 Å². The van der Waals surface area contributed by atoms with E-state index in [2.05, 4.69) is 39.5 Å². The van der Waals surface area contributed by atoms with Crippen LogP contribution in [0.25, 0.3) is 0 Å². The van der Waals surface area contributed by atoms with Crippen LogP contribution in [0.3, 0.4) is 0 Å². The van der Waals surface area contributed by atoms with Gasteiger partial charge in [0.2, 0.25) is 0 Å². The van der Waals surface area contributed by atoms with E-state index in [1.54, 1.807) is 13.8 Å². The highest BCUT2D eigenvalue weighted by Crippen LogP contribution is 2.19. The molecule has 22 heavy (non-hydrogen) atoms. The normalized spacial score (nSPS) is 17.0. The number of aliphatic hydroxyl groups is 2. The zero-order valence-corrected chi connectivity index (χ0v) is 15.7. The topological polar surface area (TPSA) is 40.5 Å². The summed E-state index contributed by atoms with van der Waals surface area (Å²) in [5, 5.41) is 20.6. The van der Waals surface area contributed by atoms with Crippen LogP contribution in [0, 0.1) is 23.7 Å². The maximum Gasteiger partial charge on any atom is 0.122 e. The summed E-state index contributed by atoms with van der Waals surface area (Å²) in [5.74, 6) is 7.21. The molecule has 0 radical (unpaired) electrons. The molecule has 0 aromatic carbocycles. The molecular formula is C20H38O2. The first-order valence-corrected chi connectivity index (χ1v) is 9.03. The number of unbranched alkanes of at least 4 members (excludes halogenated alkanes) is 2. The van der Waals surface area contributed by atoms with E-state index in [1.165, 1.54) is 12.8 Å². The predicted molar refractivity (Wildman–Crippen MR) is 95.6 cm³/mol. The molecule has 0 saturated heterocycles. The SMILES string of the molecule is CC(C)CCCCC(C)(O)C#CC(C)(O)CCCCC(C)C. The second-order valence-corrected chi connectivity index (χ2v) is 8.08. The Labute approximate surface area is 138 Å². The third-order valence-electron chi connectivity index (χ3n) is 3.99. The van der Waals surface area contributed by atoms with Crippen molar-refractivity contribution >= 4 is 0 Å². The van der Waals surface area contributed by atoms with Gasteiger partial charge >= 0.3 is 0 Å². The summed E-state index contributed by atoms with van der Waals surface area (Å²) in [7, 11) is 0. The Kier molecular flexibility index (Phi) is 10.0. The van der Waals surface area contributed by atoms with Gasteiger partial charge in [0, 0.05) is 0 Å². The van der Waals surface area contributed by atoms with E-state index < -0.39 is 11.2 Å². The van der Waals surface area contributed by atoms with Crippen LogP contribution in [0.2, 0.25) is 0 Å². The fourth-order valence-electron chi connectivity index (χ4n) is 2.44. The van der Waals surface area contributed by atoms with Gasteiger partial charge in [-0.1, -0.05) is 65.2 Å². The standard InChI is InChI=1S/C20H38O2/c1-17(2)11-7-9-13-19(5,21)15-16-20(6,22)14-10-8-12-18(3)4/h17-18,21-22H,7-14H2,1-6H3. The summed E-state index contributed by atoms with van der Waals surface area (Å²) in [6.45, 7) is 12.4. The first-order valence-electron chi connectivity index (χ1n) is 9.03. The minimum atomic E-state index is -0.987. The van der Waals surface area contributed by atoms with Gasteiger partial charge in [0.15, 0.2) is 0 Å². The maximum absolute atomic E-state index is 10.3. The molecule has 2 atom stereocenters. The lowest BCUT2D eigenvalue weighted by Crippen LogP contribution is -2.26. The van der Waals surface area contributed by atoms with Gasteiger partial charge in [-0.05, 0) is 51.4 Å². The molecule has 0 bridgehead atoms. The van der Waals surface area contributed by atoms with Crippen molar-refractivity contribution in [2.75, 3.05) is 0 Å². The molecule has 0 fully saturated rings. The van der Waals surface area contributed by atoms with Crippen LogP contribution in [-0.4, -0.2) is 21.4 Å². The number of hydrogen-bond acceptors (Lipinski definition) is 2. The van der Waals surface area contributed by atoms with Crippen LogP contribution in [-0.2, 0) is 0 Å². The van der Waals surface area contributed by atoms with Gasteiger partial charge in [-0.2, -0.15) is 0 Å². The van der Waals surface area contributed by atoms with Crippen molar-refractivity contribution in [3.05, 3.63) is 0 Å². The average Bonchev–Trinajstić information content (AvgIpc) is 2.38. The molecule has 0 spiro atoms. The predicted octanol–water partition coefficient (Wildman–Crippen LogP) is 4.92. The van der Waals surface area contributed by atoms with Gasteiger partial charge in [-0.15, -0.1) is 0 Å². The highest BCUT2D eigenvalue weighted by molar-refractivity contribution is 5.19. The van der Waals surface area contributed by atoms with Gasteiger partial charge in [0.1, 0.15) is 11.2 Å². The Bertz CT molecular complexity index is 310. The van der Waals surface area contributed by atoms with Crippen LogP contribution in [0.5, 0.6) is 0 Å². The van der Waals surface area contributed by atoms with Crippen LogP contribution in [0.4, 0.5) is 0 Å². The van der Waals surface area contributed by atoms with E-state index in [9.17, 15) is 10.2 Å². The van der Waals surface area contributed by atoms with Gasteiger partial charge in [0.05, 0.1) is 0 Å². The van der Waals surface area contributed by atoms with Crippen molar-refractivity contribution in [1.29, 1.82) is 0 Å². The monoisotopic (exact) mass is 310 g/mol. The third kappa shape index (κ3) is 13.2. The summed E-state index contributed by atoms with van der Waals surface area (Å²) in [6.07, 6.45) is 7.95. The van der Waals surface area contributed by atoms with E-state index in [0.29, 0.717) is 24.7 Å². The number of rotatable bonds is 10. The van der Waals surface area contributed by atoms with Crippen LogP contribution in [0.15, 0.2) is 0 Å². The lowest BCUT2D eigenvalue weighted by Gasteiger charge is -2.20. The molecule has 2 heteroatoms. The lowest BCUT2D eigenvalue weighted by molar-refractivity contribution is 0.0965. The van der Waals surface area contributed by atoms with E-state index in [-0.39, 0.29) is 0 Å². The molecule has 2 N–H and O–H groups in total. The average molecular weight is 311 g/mol. The highest BCUT2D eigenvalue weighted by atomic mass is 16.3. The Morgan fingerprint density at radius 3 is 1.27 bits per heavy atom. The minimum Gasteiger partial charge on any atom is -0.378 e. The molecule has 0 heterocycles. The Hall–Kier alpha value is -0.520. The number of hydrogen-bond donors (Lipinski definition) is 2. The molecule has 0 aliphatic carbocycles. The van der Waals surface area contributed by atoms with Crippen molar-refractivity contribution in [2.45, 2.75) is 104 Å². The second-order valence-electron chi connectivity index (χ2n) is 8.08. The molecule has 0 aliphatic heterocycles. The Balaban J connectivity index is 4.18. The summed E-state index contributed by atoms with van der Waals surface area (Å²) >= 11 is 0. The minimum absolute atomic E-state index is 0.677. The van der Waals surface area contributed by atoms with Gasteiger partial charge in [-0.3, -0.25) is 0 Å². The van der Waals surface area contributed by atoms with Crippen LogP contribution in [0.1, 0.15) is 92.9 Å². The summed E-state index contributed by atoms with van der Waals surface area (Å²) in [5.41, 5.74) is -1.97. The van der Waals surface area contributed by atoms with E-state index in [1.807, 2.05) is 0 Å². The summed E-state index contributed by atoms with van der Waals surface area (Å²) < 4.78 is 0. The largest absolute Gasteiger partial charge is 0.378 e. The Morgan fingerprint density at radius 1 is 0.682 bits per heavy atom. The second kappa shape index (κ2) is 10.3. The quantitative estimate of drug-likeness (QED) is 0.444. The molecule has 0 amide bonds. The summed E-state index contributed by atoms with van der Waals surface area (Å²) in [6, 6.07) is 0. The van der Waals surface area contributed by atoms with Gasteiger partial charge in [0.25, 0.3) is 0 Å². The zero-order valence-electron chi connectivity index (χ0n) is 15.7. The fraction of sp³-hybridized carbons (Fsp3) is 0.900. The smallest absolute Gasteiger partial charge is 0.122 e. The van der Waals surface area contributed by atoms with E-state index in [4.69, 9.17) is 0 Å². The maximum atomic E-state index is 10.3. The fourth-order valence-corrected chi connectivity index (χ4v) is 2.44. The Morgan fingerprint density at radius 2 is 1.00 bits per heavy atom. The first kappa shape index (κ1) is 21.5. The lowest BCUT2D eigenvalue weighted by atomic mass is 9.93. The zero-order chi connectivity index (χ0) is 17.2. The van der Waals surface area contributed by atoms with Crippen LogP contribution >= 0.6 is 0 Å². The molecule has 130 valence electrons. The molecule has 0 saturated carbocycles. The first-order chi connectivity index (χ1) is 10.0. The van der Waals surface area contributed by atoms with E-state index >= 15 is 0 Å². The van der Waals surface area contributed by atoms with Crippen molar-refractivity contribution in [1.82, 2.24) is 0 Å². The summed E-state index contributed by atoms with van der Waals surface area (Å²) in [4.78, 5) is 0. The molecule has 2 unspecified atom stereocenters. The molecule has 0 aromatic rings.